The molecule has 2 heterocycles. The minimum Gasteiger partial charge on any atom is -0.372 e. The van der Waals surface area contributed by atoms with E-state index in [4.69, 9.17) is 4.74 Å². The molecule has 0 bridgehead atoms. The van der Waals surface area contributed by atoms with Crippen LogP contribution in [0.15, 0.2) is 39.9 Å². The monoisotopic (exact) mass is 315 g/mol. The lowest BCUT2D eigenvalue weighted by atomic mass is 10.2. The zero-order chi connectivity index (χ0) is 16.6. The topological polar surface area (TPSA) is 67.3 Å². The Bertz CT molecular complexity index is 766. The van der Waals surface area contributed by atoms with Gasteiger partial charge in [0.2, 0.25) is 0 Å². The van der Waals surface area contributed by atoms with Crippen molar-refractivity contribution in [3.63, 3.8) is 0 Å². The number of nitrogens with one attached hydrogen (secondary N) is 1. The van der Waals surface area contributed by atoms with Gasteiger partial charge in [0, 0.05) is 19.2 Å². The first-order valence-electron chi connectivity index (χ1n) is 7.78. The van der Waals surface area contributed by atoms with E-state index in [-0.39, 0.29) is 17.8 Å². The van der Waals surface area contributed by atoms with Gasteiger partial charge in [-0.3, -0.25) is 9.78 Å². The smallest absolute Gasteiger partial charge is 0.334 e. The van der Waals surface area contributed by atoms with Gasteiger partial charge in [-0.1, -0.05) is 17.7 Å². The quantitative estimate of drug-likeness (QED) is 0.911. The van der Waals surface area contributed by atoms with Crippen LogP contribution < -0.4 is 16.1 Å². The molecule has 23 heavy (non-hydrogen) atoms. The molecule has 1 saturated heterocycles. The van der Waals surface area contributed by atoms with Crippen molar-refractivity contribution in [1.29, 1.82) is 0 Å². The molecule has 0 aliphatic carbocycles. The van der Waals surface area contributed by atoms with Crippen molar-refractivity contribution in [3.8, 4) is 5.69 Å². The molecule has 122 valence electrons. The van der Waals surface area contributed by atoms with Gasteiger partial charge in [0.1, 0.15) is 5.82 Å². The molecule has 0 amide bonds. The standard InChI is InChI=1S/C17H21N3O3/c1-11-4-6-14(7-5-11)20-16(21)8-15(18-17(20)22)19-9-12(2)23-13(3)10-19/h4-8,12-13H,9-10H2,1-3H3,(H,18,22)/t12-,13-/m1/s1. The third kappa shape index (κ3) is 3.22. The fourth-order valence-electron chi connectivity index (χ4n) is 2.97. The first kappa shape index (κ1) is 15.6. The number of aromatic amines is 1. The fourth-order valence-corrected chi connectivity index (χ4v) is 2.97. The normalized spacial score (nSPS) is 21.4. The van der Waals surface area contributed by atoms with E-state index < -0.39 is 5.69 Å². The SMILES string of the molecule is Cc1ccc(-n2c(=O)cc(N3C[C@@H](C)O[C@H](C)C3)[nH]c2=O)cc1. The number of hydrogen-bond acceptors (Lipinski definition) is 4. The average molecular weight is 315 g/mol. The molecule has 1 aromatic carbocycles. The lowest BCUT2D eigenvalue weighted by Crippen LogP contribution is -2.47. The van der Waals surface area contributed by atoms with E-state index in [1.165, 1.54) is 6.07 Å². The Morgan fingerprint density at radius 1 is 1.09 bits per heavy atom. The number of nitrogens with zero attached hydrogens (tertiary/aromatic N) is 2. The molecule has 0 spiro atoms. The summed E-state index contributed by atoms with van der Waals surface area (Å²) in [5.74, 6) is 0.547. The maximum absolute atomic E-state index is 12.4. The Morgan fingerprint density at radius 2 is 1.70 bits per heavy atom. The average Bonchev–Trinajstić information content (AvgIpc) is 2.47. The predicted molar refractivity (Wildman–Crippen MR) is 89.6 cm³/mol. The zero-order valence-corrected chi connectivity index (χ0v) is 13.6. The molecule has 6 heteroatoms. The number of rotatable bonds is 2. The van der Waals surface area contributed by atoms with Crippen molar-refractivity contribution in [3.05, 3.63) is 56.7 Å². The van der Waals surface area contributed by atoms with Crippen molar-refractivity contribution >= 4 is 5.82 Å². The van der Waals surface area contributed by atoms with E-state index in [2.05, 4.69) is 4.98 Å². The lowest BCUT2D eigenvalue weighted by Gasteiger charge is -2.36. The molecule has 6 nitrogen and oxygen atoms in total. The van der Waals surface area contributed by atoms with Crippen LogP contribution >= 0.6 is 0 Å². The van der Waals surface area contributed by atoms with Gasteiger partial charge >= 0.3 is 5.69 Å². The highest BCUT2D eigenvalue weighted by Gasteiger charge is 2.23. The van der Waals surface area contributed by atoms with E-state index in [1.807, 2.05) is 37.8 Å². The molecular formula is C17H21N3O3. The van der Waals surface area contributed by atoms with Gasteiger partial charge in [-0.2, -0.15) is 0 Å². The Hall–Kier alpha value is -2.34. The number of aromatic nitrogens is 2. The number of hydrogen-bond donors (Lipinski definition) is 1. The Labute approximate surface area is 134 Å². The zero-order valence-electron chi connectivity index (χ0n) is 13.6. The van der Waals surface area contributed by atoms with Gasteiger partial charge in [-0.15, -0.1) is 0 Å². The largest absolute Gasteiger partial charge is 0.372 e. The van der Waals surface area contributed by atoms with E-state index in [0.717, 1.165) is 10.1 Å². The summed E-state index contributed by atoms with van der Waals surface area (Å²) in [5, 5.41) is 0. The van der Waals surface area contributed by atoms with Crippen molar-refractivity contribution in [1.82, 2.24) is 9.55 Å². The highest BCUT2D eigenvalue weighted by Crippen LogP contribution is 2.16. The summed E-state index contributed by atoms with van der Waals surface area (Å²) in [5.41, 5.74) is 0.880. The van der Waals surface area contributed by atoms with Crippen LogP contribution in [-0.2, 0) is 4.74 Å². The summed E-state index contributed by atoms with van der Waals surface area (Å²) in [6, 6.07) is 8.77. The molecule has 1 N–H and O–H groups in total. The van der Waals surface area contributed by atoms with E-state index in [9.17, 15) is 9.59 Å². The number of ether oxygens (including phenoxy) is 1. The second-order valence-electron chi connectivity index (χ2n) is 6.13. The van der Waals surface area contributed by atoms with Crippen LogP contribution in [0.1, 0.15) is 19.4 Å². The summed E-state index contributed by atoms with van der Waals surface area (Å²) in [6.07, 6.45) is 0.114. The number of anilines is 1. The molecule has 0 radical (unpaired) electrons. The third-order valence-corrected chi connectivity index (χ3v) is 3.97. The van der Waals surface area contributed by atoms with Crippen LogP contribution in [0, 0.1) is 6.92 Å². The van der Waals surface area contributed by atoms with Gasteiger partial charge in [0.25, 0.3) is 5.56 Å². The first-order valence-corrected chi connectivity index (χ1v) is 7.78. The van der Waals surface area contributed by atoms with Crippen LogP contribution in [0.2, 0.25) is 0 Å². The first-order chi connectivity index (χ1) is 10.9. The number of benzene rings is 1. The van der Waals surface area contributed by atoms with Crippen LogP contribution in [0.3, 0.4) is 0 Å². The van der Waals surface area contributed by atoms with Gasteiger partial charge in [-0.05, 0) is 32.9 Å². The number of H-pyrrole nitrogens is 1. The predicted octanol–water partition coefficient (Wildman–Crippen LogP) is 1.45. The van der Waals surface area contributed by atoms with Crippen molar-refractivity contribution in [2.75, 3.05) is 18.0 Å². The Kier molecular flexibility index (Phi) is 4.09. The van der Waals surface area contributed by atoms with E-state index >= 15 is 0 Å². The van der Waals surface area contributed by atoms with Crippen molar-refractivity contribution in [2.24, 2.45) is 0 Å². The van der Waals surface area contributed by atoms with Gasteiger partial charge < -0.3 is 9.64 Å². The molecule has 3 rings (SSSR count). The summed E-state index contributed by atoms with van der Waals surface area (Å²) in [7, 11) is 0. The van der Waals surface area contributed by atoms with E-state index in [1.54, 1.807) is 12.1 Å². The Balaban J connectivity index is 1.99. The number of morpholine rings is 1. The summed E-state index contributed by atoms with van der Waals surface area (Å²) < 4.78 is 6.83. The molecular weight excluding hydrogens is 294 g/mol. The van der Waals surface area contributed by atoms with Gasteiger partial charge in [0.15, 0.2) is 0 Å². The lowest BCUT2D eigenvalue weighted by molar-refractivity contribution is -0.00549. The van der Waals surface area contributed by atoms with Crippen LogP contribution in [0.5, 0.6) is 0 Å². The van der Waals surface area contributed by atoms with Crippen molar-refractivity contribution in [2.45, 2.75) is 33.0 Å². The van der Waals surface area contributed by atoms with E-state index in [0.29, 0.717) is 24.6 Å². The molecule has 1 aliphatic heterocycles. The van der Waals surface area contributed by atoms with Crippen LogP contribution in [-0.4, -0.2) is 34.8 Å². The molecule has 1 aromatic heterocycles. The highest BCUT2D eigenvalue weighted by atomic mass is 16.5. The third-order valence-electron chi connectivity index (χ3n) is 3.97. The summed E-state index contributed by atoms with van der Waals surface area (Å²) >= 11 is 0. The maximum Gasteiger partial charge on any atom is 0.334 e. The van der Waals surface area contributed by atoms with Crippen LogP contribution in [0.25, 0.3) is 5.69 Å². The van der Waals surface area contributed by atoms with Crippen LogP contribution in [0.4, 0.5) is 5.82 Å². The molecule has 2 atom stereocenters. The minimum atomic E-state index is -0.428. The Morgan fingerprint density at radius 3 is 2.26 bits per heavy atom. The number of aryl methyl sites for hydroxylation is 1. The fraction of sp³-hybridized carbons (Fsp3) is 0.412. The maximum atomic E-state index is 12.4. The molecule has 0 unspecified atom stereocenters. The molecule has 0 saturated carbocycles. The second kappa shape index (κ2) is 6.04. The minimum absolute atomic E-state index is 0.0572. The molecule has 1 fully saturated rings. The molecule has 1 aliphatic rings. The van der Waals surface area contributed by atoms with Gasteiger partial charge in [-0.25, -0.2) is 9.36 Å². The summed E-state index contributed by atoms with van der Waals surface area (Å²) in [6.45, 7) is 7.21. The van der Waals surface area contributed by atoms with Gasteiger partial charge in [0.05, 0.1) is 17.9 Å². The highest BCUT2D eigenvalue weighted by molar-refractivity contribution is 5.40. The second-order valence-corrected chi connectivity index (χ2v) is 6.13. The molecule has 2 aromatic rings. The van der Waals surface area contributed by atoms with Crippen molar-refractivity contribution < 1.29 is 4.74 Å². The summed E-state index contributed by atoms with van der Waals surface area (Å²) in [4.78, 5) is 29.6.